The van der Waals surface area contributed by atoms with Gasteiger partial charge in [0.15, 0.2) is 0 Å². The highest BCUT2D eigenvalue weighted by atomic mass is 15.2. The van der Waals surface area contributed by atoms with Crippen molar-refractivity contribution in [3.05, 3.63) is 53.6 Å². The van der Waals surface area contributed by atoms with E-state index in [2.05, 4.69) is 52.7 Å². The second-order valence-corrected chi connectivity index (χ2v) is 5.98. The van der Waals surface area contributed by atoms with Crippen LogP contribution in [-0.2, 0) is 13.6 Å². The fourth-order valence-corrected chi connectivity index (χ4v) is 3.16. The van der Waals surface area contributed by atoms with Crippen molar-refractivity contribution >= 4 is 0 Å². The third-order valence-corrected chi connectivity index (χ3v) is 4.32. The smallest absolute Gasteiger partial charge is 0.0945 e. The number of aromatic nitrogens is 2. The summed E-state index contributed by atoms with van der Waals surface area (Å²) in [6.07, 6.45) is 6.47. The summed E-state index contributed by atoms with van der Waals surface area (Å²) in [4.78, 5) is 6.78. The van der Waals surface area contributed by atoms with Gasteiger partial charge in [-0.25, -0.2) is 4.98 Å². The number of likely N-dealkylation sites (tertiary alicyclic amines) is 1. The van der Waals surface area contributed by atoms with Crippen molar-refractivity contribution in [2.45, 2.75) is 32.2 Å². The first-order valence-corrected chi connectivity index (χ1v) is 7.46. The molecule has 1 aliphatic heterocycles. The molecule has 0 bridgehead atoms. The van der Waals surface area contributed by atoms with Crippen LogP contribution < -0.4 is 0 Å². The second kappa shape index (κ2) is 5.80. The lowest BCUT2D eigenvalue weighted by Gasteiger charge is -2.33. The molecular formula is C17H23N3. The van der Waals surface area contributed by atoms with Crippen molar-refractivity contribution < 1.29 is 0 Å². The Balaban J connectivity index is 1.69. The lowest BCUT2D eigenvalue weighted by molar-refractivity contribution is 0.196. The molecule has 0 spiro atoms. The highest BCUT2D eigenvalue weighted by molar-refractivity contribution is 5.26. The lowest BCUT2D eigenvalue weighted by atomic mass is 9.90. The first-order chi connectivity index (χ1) is 9.72. The molecule has 0 radical (unpaired) electrons. The Bertz CT molecular complexity index is 573. The minimum Gasteiger partial charge on any atom is -0.337 e. The van der Waals surface area contributed by atoms with Gasteiger partial charge in [-0.3, -0.25) is 4.90 Å². The average Bonchev–Trinajstić information content (AvgIpc) is 2.85. The van der Waals surface area contributed by atoms with Gasteiger partial charge in [-0.15, -0.1) is 0 Å². The van der Waals surface area contributed by atoms with E-state index in [4.69, 9.17) is 0 Å². The maximum absolute atomic E-state index is 4.21. The van der Waals surface area contributed by atoms with Gasteiger partial charge in [0.05, 0.1) is 12.0 Å². The number of rotatable bonds is 3. The molecule has 0 saturated carbocycles. The van der Waals surface area contributed by atoms with Gasteiger partial charge in [-0.2, -0.15) is 0 Å². The summed E-state index contributed by atoms with van der Waals surface area (Å²) in [5.41, 5.74) is 4.17. The van der Waals surface area contributed by atoms with Crippen molar-refractivity contribution in [2.75, 3.05) is 13.1 Å². The van der Waals surface area contributed by atoms with E-state index >= 15 is 0 Å². The molecule has 1 aliphatic rings. The number of piperidine rings is 1. The number of hydrogen-bond donors (Lipinski definition) is 0. The number of hydrogen-bond acceptors (Lipinski definition) is 2. The van der Waals surface area contributed by atoms with Gasteiger partial charge in [0, 0.05) is 26.3 Å². The summed E-state index contributed by atoms with van der Waals surface area (Å²) >= 11 is 0. The summed E-state index contributed by atoms with van der Waals surface area (Å²) in [5, 5.41) is 0. The Kier molecular flexibility index (Phi) is 3.88. The maximum atomic E-state index is 4.21. The van der Waals surface area contributed by atoms with Crippen LogP contribution in [0.3, 0.4) is 0 Å². The molecule has 1 aromatic carbocycles. The Morgan fingerprint density at radius 2 is 2.25 bits per heavy atom. The van der Waals surface area contributed by atoms with Crippen molar-refractivity contribution in [3.8, 4) is 0 Å². The quantitative estimate of drug-likeness (QED) is 0.853. The number of aryl methyl sites for hydroxylation is 2. The minimum atomic E-state index is 0.678. The Labute approximate surface area is 121 Å². The molecule has 3 heteroatoms. The van der Waals surface area contributed by atoms with Crippen LogP contribution in [0.5, 0.6) is 0 Å². The van der Waals surface area contributed by atoms with Crippen molar-refractivity contribution in [2.24, 2.45) is 7.05 Å². The molecule has 2 aromatic rings. The highest BCUT2D eigenvalue weighted by Crippen LogP contribution is 2.28. The van der Waals surface area contributed by atoms with Crippen LogP contribution >= 0.6 is 0 Å². The fraction of sp³-hybridized carbons (Fsp3) is 0.471. The molecule has 2 heterocycles. The monoisotopic (exact) mass is 269 g/mol. The summed E-state index contributed by atoms with van der Waals surface area (Å²) in [5.74, 6) is 0.678. The van der Waals surface area contributed by atoms with Gasteiger partial charge in [0.2, 0.25) is 0 Å². The Hall–Kier alpha value is -1.61. The van der Waals surface area contributed by atoms with E-state index in [-0.39, 0.29) is 0 Å². The molecular weight excluding hydrogens is 246 g/mol. The minimum absolute atomic E-state index is 0.678. The number of benzene rings is 1. The molecule has 1 aromatic heterocycles. The normalized spacial score (nSPS) is 20.2. The highest BCUT2D eigenvalue weighted by Gasteiger charge is 2.21. The van der Waals surface area contributed by atoms with E-state index in [0.717, 1.165) is 13.1 Å². The molecule has 0 N–H and O–H groups in total. The van der Waals surface area contributed by atoms with Crippen molar-refractivity contribution in [3.63, 3.8) is 0 Å². The molecule has 106 valence electrons. The first-order valence-electron chi connectivity index (χ1n) is 7.46. The third-order valence-electron chi connectivity index (χ3n) is 4.32. The van der Waals surface area contributed by atoms with E-state index < -0.39 is 0 Å². The van der Waals surface area contributed by atoms with E-state index in [9.17, 15) is 0 Å². The van der Waals surface area contributed by atoms with Crippen LogP contribution in [0.1, 0.15) is 35.6 Å². The zero-order valence-corrected chi connectivity index (χ0v) is 12.4. The SMILES string of the molecule is Cc1cccc([C@H]2CCCN(Cc3cncn3C)C2)c1. The van der Waals surface area contributed by atoms with Crippen molar-refractivity contribution in [1.82, 2.24) is 14.5 Å². The fourth-order valence-electron chi connectivity index (χ4n) is 3.16. The van der Waals surface area contributed by atoms with E-state index in [1.807, 2.05) is 12.5 Å². The Morgan fingerprint density at radius 1 is 1.35 bits per heavy atom. The standard InChI is InChI=1S/C17H23N3/c1-14-5-3-6-15(9-14)16-7-4-8-20(11-16)12-17-10-18-13-19(17)2/h3,5-6,9-10,13,16H,4,7-8,11-12H2,1-2H3/t16-/m0/s1. The summed E-state index contributed by atoms with van der Waals surface area (Å²) in [6.45, 7) is 5.56. The number of nitrogens with zero attached hydrogens (tertiary/aromatic N) is 3. The maximum Gasteiger partial charge on any atom is 0.0945 e. The first kappa shape index (κ1) is 13.4. The van der Waals surface area contributed by atoms with Gasteiger partial charge in [-0.05, 0) is 37.8 Å². The van der Waals surface area contributed by atoms with E-state index in [0.29, 0.717) is 5.92 Å². The van der Waals surface area contributed by atoms with Crippen LogP contribution in [0.15, 0.2) is 36.8 Å². The third kappa shape index (κ3) is 2.93. The molecule has 20 heavy (non-hydrogen) atoms. The molecule has 1 saturated heterocycles. The predicted octanol–water partition coefficient (Wildman–Crippen LogP) is 3.11. The molecule has 1 atom stereocenters. The van der Waals surface area contributed by atoms with Gasteiger partial charge < -0.3 is 4.57 Å². The van der Waals surface area contributed by atoms with Crippen molar-refractivity contribution in [1.29, 1.82) is 0 Å². The zero-order chi connectivity index (χ0) is 13.9. The molecule has 3 nitrogen and oxygen atoms in total. The van der Waals surface area contributed by atoms with Crippen LogP contribution in [0.25, 0.3) is 0 Å². The van der Waals surface area contributed by atoms with E-state index in [1.165, 1.54) is 36.2 Å². The van der Waals surface area contributed by atoms with Crippen LogP contribution in [0.4, 0.5) is 0 Å². The molecule has 0 amide bonds. The molecule has 0 aliphatic carbocycles. The largest absolute Gasteiger partial charge is 0.337 e. The summed E-state index contributed by atoms with van der Waals surface area (Å²) in [7, 11) is 2.07. The Morgan fingerprint density at radius 3 is 3.00 bits per heavy atom. The lowest BCUT2D eigenvalue weighted by Crippen LogP contribution is -2.34. The summed E-state index contributed by atoms with van der Waals surface area (Å²) < 4.78 is 2.12. The summed E-state index contributed by atoms with van der Waals surface area (Å²) in [6, 6.07) is 8.99. The topological polar surface area (TPSA) is 21.1 Å². The van der Waals surface area contributed by atoms with Gasteiger partial charge in [-0.1, -0.05) is 29.8 Å². The van der Waals surface area contributed by atoms with Gasteiger partial charge >= 0.3 is 0 Å². The molecule has 1 fully saturated rings. The second-order valence-electron chi connectivity index (χ2n) is 5.98. The van der Waals surface area contributed by atoms with Crippen LogP contribution in [0, 0.1) is 6.92 Å². The van der Waals surface area contributed by atoms with Crippen LogP contribution in [-0.4, -0.2) is 27.5 Å². The van der Waals surface area contributed by atoms with Crippen LogP contribution in [0.2, 0.25) is 0 Å². The average molecular weight is 269 g/mol. The van der Waals surface area contributed by atoms with E-state index in [1.54, 1.807) is 0 Å². The van der Waals surface area contributed by atoms with Gasteiger partial charge in [0.25, 0.3) is 0 Å². The number of imidazole rings is 1. The predicted molar refractivity (Wildman–Crippen MR) is 81.6 cm³/mol. The zero-order valence-electron chi connectivity index (χ0n) is 12.4. The molecule has 0 unspecified atom stereocenters. The molecule has 3 rings (SSSR count). The van der Waals surface area contributed by atoms with Gasteiger partial charge in [0.1, 0.15) is 0 Å².